The van der Waals surface area contributed by atoms with Crippen LogP contribution in [0.15, 0.2) is 60.7 Å². The fourth-order valence-electron chi connectivity index (χ4n) is 3.49. The van der Waals surface area contributed by atoms with Crippen molar-refractivity contribution in [3.8, 4) is 22.6 Å². The zero-order valence-electron chi connectivity index (χ0n) is 19.1. The third-order valence-corrected chi connectivity index (χ3v) is 5.60. The molecule has 0 N–H and O–H groups in total. The van der Waals surface area contributed by atoms with Crippen molar-refractivity contribution in [3.63, 3.8) is 0 Å². The summed E-state index contributed by atoms with van der Waals surface area (Å²) in [5.74, 6) is 0.788. The quantitative estimate of drug-likeness (QED) is 0.306. The van der Waals surface area contributed by atoms with E-state index in [0.717, 1.165) is 16.9 Å². The largest absolute Gasteiger partial charge is 0.493 e. The smallest absolute Gasteiger partial charge is 0.305 e. The Morgan fingerprint density at radius 2 is 1.85 bits per heavy atom. The van der Waals surface area contributed by atoms with Gasteiger partial charge in [-0.1, -0.05) is 35.9 Å². The van der Waals surface area contributed by atoms with Gasteiger partial charge in [0.15, 0.2) is 0 Å². The van der Waals surface area contributed by atoms with Crippen LogP contribution >= 0.6 is 11.6 Å². The molecule has 0 spiro atoms. The maximum absolute atomic E-state index is 14.3. The fourth-order valence-corrected chi connectivity index (χ4v) is 3.66. The lowest BCUT2D eigenvalue weighted by Gasteiger charge is -2.19. The molecule has 1 atom stereocenters. The first-order valence-electron chi connectivity index (χ1n) is 10.9. The van der Waals surface area contributed by atoms with Gasteiger partial charge in [-0.15, -0.1) is 0 Å². The summed E-state index contributed by atoms with van der Waals surface area (Å²) in [5, 5.41) is 0.516. The van der Waals surface area contributed by atoms with E-state index in [9.17, 15) is 9.18 Å². The number of rotatable bonds is 10. The normalized spacial score (nSPS) is 11.7. The number of methoxy groups -OCH3 is 1. The lowest BCUT2D eigenvalue weighted by atomic mass is 10.0. The number of carbonyl (C=O) groups excluding carboxylic acids is 1. The monoisotopic (exact) mass is 470 g/mol. The molecule has 0 bridgehead atoms. The Morgan fingerprint density at radius 1 is 1.06 bits per heavy atom. The average Bonchev–Trinajstić information content (AvgIpc) is 2.80. The van der Waals surface area contributed by atoms with E-state index in [-0.39, 0.29) is 17.9 Å². The minimum absolute atomic E-state index is 0.155. The van der Waals surface area contributed by atoms with Gasteiger partial charge < -0.3 is 14.2 Å². The van der Waals surface area contributed by atoms with Gasteiger partial charge in [-0.05, 0) is 67.8 Å². The van der Waals surface area contributed by atoms with Crippen LogP contribution in [-0.4, -0.2) is 25.8 Å². The summed E-state index contributed by atoms with van der Waals surface area (Å²) in [6, 6.07) is 17.6. The van der Waals surface area contributed by atoms with E-state index in [2.05, 4.69) is 0 Å². The van der Waals surface area contributed by atoms with Gasteiger partial charge in [0.25, 0.3) is 0 Å². The Labute approximate surface area is 199 Å². The van der Waals surface area contributed by atoms with Crippen LogP contribution in [0.5, 0.6) is 11.5 Å². The Bertz CT molecular complexity index is 1100. The van der Waals surface area contributed by atoms with Crippen molar-refractivity contribution in [2.45, 2.75) is 39.2 Å². The fraction of sp³-hybridized carbons (Fsp3) is 0.296. The predicted molar refractivity (Wildman–Crippen MR) is 129 cm³/mol. The molecule has 0 heterocycles. The Balaban J connectivity index is 1.57. The summed E-state index contributed by atoms with van der Waals surface area (Å²) in [5.41, 5.74) is 3.22. The highest BCUT2D eigenvalue weighted by Gasteiger charge is 2.14. The molecule has 0 radical (unpaired) electrons. The third kappa shape index (κ3) is 6.96. The number of esters is 1. The van der Waals surface area contributed by atoms with E-state index in [1.165, 1.54) is 13.2 Å². The first kappa shape index (κ1) is 24.6. The topological polar surface area (TPSA) is 44.8 Å². The molecule has 0 saturated heterocycles. The third-order valence-electron chi connectivity index (χ3n) is 5.37. The van der Waals surface area contributed by atoms with Crippen LogP contribution in [0.25, 0.3) is 11.1 Å². The van der Waals surface area contributed by atoms with E-state index in [1.54, 1.807) is 36.4 Å². The molecule has 4 nitrogen and oxygen atoms in total. The number of benzene rings is 3. The number of ether oxygens (including phenoxy) is 3. The van der Waals surface area contributed by atoms with Crippen LogP contribution in [0.2, 0.25) is 5.02 Å². The first-order chi connectivity index (χ1) is 15.9. The van der Waals surface area contributed by atoms with Gasteiger partial charge in [0.2, 0.25) is 0 Å². The van der Waals surface area contributed by atoms with Crippen LogP contribution in [0, 0.1) is 12.7 Å². The van der Waals surface area contributed by atoms with Crippen LogP contribution in [0.3, 0.4) is 0 Å². The van der Waals surface area contributed by atoms with Gasteiger partial charge in [-0.2, -0.15) is 0 Å². The van der Waals surface area contributed by atoms with Gasteiger partial charge in [0.1, 0.15) is 17.3 Å². The maximum atomic E-state index is 14.3. The minimum Gasteiger partial charge on any atom is -0.493 e. The summed E-state index contributed by atoms with van der Waals surface area (Å²) < 4.78 is 31.0. The molecule has 3 aromatic carbocycles. The predicted octanol–water partition coefficient (Wildman–Crippen LogP) is 6.80. The molecule has 0 unspecified atom stereocenters. The second-order valence-electron chi connectivity index (χ2n) is 7.85. The second-order valence-corrected chi connectivity index (χ2v) is 8.29. The van der Waals surface area contributed by atoms with E-state index in [1.807, 2.05) is 32.0 Å². The molecule has 0 amide bonds. The SMILES string of the molecule is COC(=O)CCc1ccc(OCC[C@H](C)Oc2ccc(Cl)cc2-c2ccccc2F)cc1C. The zero-order chi connectivity index (χ0) is 23.8. The van der Waals surface area contributed by atoms with Gasteiger partial charge in [0, 0.05) is 29.0 Å². The molecule has 0 aromatic heterocycles. The van der Waals surface area contributed by atoms with Gasteiger partial charge in [-0.3, -0.25) is 4.79 Å². The highest BCUT2D eigenvalue weighted by Crippen LogP contribution is 2.35. The number of halogens is 2. The van der Waals surface area contributed by atoms with Gasteiger partial charge in [-0.25, -0.2) is 4.39 Å². The van der Waals surface area contributed by atoms with E-state index < -0.39 is 0 Å². The van der Waals surface area contributed by atoms with Crippen molar-refractivity contribution in [3.05, 3.63) is 82.6 Å². The summed E-state index contributed by atoms with van der Waals surface area (Å²) in [6.07, 6.45) is 1.47. The van der Waals surface area contributed by atoms with E-state index in [4.69, 9.17) is 25.8 Å². The van der Waals surface area contributed by atoms with Crippen LogP contribution in [0.4, 0.5) is 4.39 Å². The minimum atomic E-state index is -0.328. The van der Waals surface area contributed by atoms with Crippen molar-refractivity contribution >= 4 is 17.6 Å². The summed E-state index contributed by atoms with van der Waals surface area (Å²) in [4.78, 5) is 11.4. The van der Waals surface area contributed by atoms with E-state index in [0.29, 0.717) is 47.8 Å². The molecular formula is C27H28ClFO4. The highest BCUT2D eigenvalue weighted by atomic mass is 35.5. The number of aryl methyl sites for hydroxylation is 2. The molecule has 0 aliphatic rings. The number of hydrogen-bond donors (Lipinski definition) is 0. The van der Waals surface area contributed by atoms with Crippen molar-refractivity contribution in [1.29, 1.82) is 0 Å². The van der Waals surface area contributed by atoms with Crippen molar-refractivity contribution < 1.29 is 23.4 Å². The Hall–Kier alpha value is -3.05. The molecule has 3 aromatic rings. The van der Waals surface area contributed by atoms with Crippen LogP contribution in [-0.2, 0) is 16.0 Å². The van der Waals surface area contributed by atoms with Crippen LogP contribution in [0.1, 0.15) is 30.9 Å². The van der Waals surface area contributed by atoms with Crippen molar-refractivity contribution in [1.82, 2.24) is 0 Å². The van der Waals surface area contributed by atoms with Crippen molar-refractivity contribution in [2.75, 3.05) is 13.7 Å². The highest BCUT2D eigenvalue weighted by molar-refractivity contribution is 6.31. The summed E-state index contributed by atoms with van der Waals surface area (Å²) in [6.45, 7) is 4.41. The van der Waals surface area contributed by atoms with Crippen LogP contribution < -0.4 is 9.47 Å². The molecule has 174 valence electrons. The molecule has 0 aliphatic carbocycles. The molecule has 0 saturated carbocycles. The molecule has 33 heavy (non-hydrogen) atoms. The van der Waals surface area contributed by atoms with Gasteiger partial charge >= 0.3 is 5.97 Å². The molecule has 6 heteroatoms. The second kappa shape index (κ2) is 11.7. The molecule has 0 aliphatic heterocycles. The lowest BCUT2D eigenvalue weighted by Crippen LogP contribution is -2.16. The number of carbonyl (C=O) groups is 1. The zero-order valence-corrected chi connectivity index (χ0v) is 19.8. The maximum Gasteiger partial charge on any atom is 0.305 e. The molecule has 3 rings (SSSR count). The summed E-state index contributed by atoms with van der Waals surface area (Å²) in [7, 11) is 1.39. The molecule has 0 fully saturated rings. The van der Waals surface area contributed by atoms with E-state index >= 15 is 0 Å². The number of hydrogen-bond acceptors (Lipinski definition) is 4. The molecular weight excluding hydrogens is 443 g/mol. The Kier molecular flexibility index (Phi) is 8.72. The summed E-state index contributed by atoms with van der Waals surface area (Å²) >= 11 is 6.15. The van der Waals surface area contributed by atoms with Crippen molar-refractivity contribution in [2.24, 2.45) is 0 Å². The lowest BCUT2D eigenvalue weighted by molar-refractivity contribution is -0.140. The van der Waals surface area contributed by atoms with Gasteiger partial charge in [0.05, 0.1) is 19.8 Å². The average molecular weight is 471 g/mol. The standard InChI is InChI=1S/C27H28ClFO4/c1-18-16-22(11-8-20(18)9-13-27(30)31-3)32-15-14-19(2)33-26-12-10-21(28)17-24(26)23-6-4-5-7-25(23)29/h4-8,10-12,16-17,19H,9,13-15H2,1-3H3/t19-/m0/s1. The first-order valence-corrected chi connectivity index (χ1v) is 11.3. The Morgan fingerprint density at radius 3 is 2.58 bits per heavy atom.